The quantitative estimate of drug-likeness (QED) is 0.481. The van der Waals surface area contributed by atoms with E-state index in [1.54, 1.807) is 18.5 Å². The number of amides is 1. The summed E-state index contributed by atoms with van der Waals surface area (Å²) in [4.78, 5) is 18.2. The van der Waals surface area contributed by atoms with Gasteiger partial charge in [-0.1, -0.05) is 17.7 Å². The number of benzene rings is 2. The van der Waals surface area contributed by atoms with Gasteiger partial charge in [0.25, 0.3) is 0 Å². The highest BCUT2D eigenvalue weighted by atomic mass is 35.5. The Morgan fingerprint density at radius 3 is 2.51 bits per heavy atom. The molecule has 0 aliphatic carbocycles. The zero-order valence-electron chi connectivity index (χ0n) is 22.4. The zero-order valence-corrected chi connectivity index (χ0v) is 24.0. The average Bonchev–Trinajstić information content (AvgIpc) is 3.54. The van der Waals surface area contributed by atoms with Crippen molar-refractivity contribution in [1.29, 1.82) is 0 Å². The standard InChI is InChI=1S/C28H39ClN4O3S/c1-20-15-24(36-4)16-21(2)28(20)37(35)31(3)13-10-27(34)30-23-9-14-33(19-23)26-8-7-22(17-25(26)29)18-32-11-5-6-12-32/h7-8,15-17,23H,5-6,9-14,18-19H2,1-4H3,(H,30,34). The molecule has 0 aromatic heterocycles. The van der Waals surface area contributed by atoms with E-state index in [1.807, 2.05) is 26.0 Å². The summed E-state index contributed by atoms with van der Waals surface area (Å²) in [6.45, 7) is 9.16. The molecule has 2 aromatic rings. The highest BCUT2D eigenvalue weighted by molar-refractivity contribution is 7.82. The fourth-order valence-corrected chi connectivity index (χ4v) is 6.86. The first-order chi connectivity index (χ1) is 17.7. The van der Waals surface area contributed by atoms with Gasteiger partial charge in [-0.15, -0.1) is 0 Å². The van der Waals surface area contributed by atoms with Crippen LogP contribution >= 0.6 is 11.6 Å². The highest BCUT2D eigenvalue weighted by Gasteiger charge is 2.26. The second-order valence-corrected chi connectivity index (χ2v) is 12.1. The van der Waals surface area contributed by atoms with E-state index in [9.17, 15) is 9.00 Å². The number of rotatable bonds is 10. The molecule has 2 unspecified atom stereocenters. The third-order valence-electron chi connectivity index (χ3n) is 7.29. The van der Waals surface area contributed by atoms with Crippen LogP contribution in [-0.2, 0) is 22.3 Å². The van der Waals surface area contributed by atoms with Crippen molar-refractivity contribution in [2.24, 2.45) is 0 Å². The van der Waals surface area contributed by atoms with Gasteiger partial charge < -0.3 is 15.0 Å². The van der Waals surface area contributed by atoms with Crippen LogP contribution in [0, 0.1) is 13.8 Å². The van der Waals surface area contributed by atoms with Gasteiger partial charge in [0.1, 0.15) is 16.7 Å². The molecule has 37 heavy (non-hydrogen) atoms. The Morgan fingerprint density at radius 1 is 1.16 bits per heavy atom. The summed E-state index contributed by atoms with van der Waals surface area (Å²) in [6.07, 6.45) is 3.73. The van der Waals surface area contributed by atoms with Gasteiger partial charge in [0, 0.05) is 45.7 Å². The summed E-state index contributed by atoms with van der Waals surface area (Å²) in [5.41, 5.74) is 4.12. The van der Waals surface area contributed by atoms with Crippen LogP contribution in [0.2, 0.25) is 5.02 Å². The van der Waals surface area contributed by atoms with E-state index in [2.05, 4.69) is 33.3 Å². The van der Waals surface area contributed by atoms with Crippen molar-refractivity contribution in [2.75, 3.05) is 51.8 Å². The molecule has 2 aliphatic rings. The minimum atomic E-state index is -1.35. The van der Waals surface area contributed by atoms with Crippen molar-refractivity contribution >= 4 is 34.2 Å². The fraction of sp³-hybridized carbons (Fsp3) is 0.536. The first kappa shape index (κ1) is 27.9. The van der Waals surface area contributed by atoms with Gasteiger partial charge in [0.2, 0.25) is 5.91 Å². The van der Waals surface area contributed by atoms with Gasteiger partial charge in [0.05, 0.1) is 22.7 Å². The minimum Gasteiger partial charge on any atom is -0.497 e. The normalized spacial score (nSPS) is 19.0. The molecule has 0 bridgehead atoms. The van der Waals surface area contributed by atoms with Crippen molar-refractivity contribution in [2.45, 2.75) is 57.0 Å². The average molecular weight is 547 g/mol. The largest absolute Gasteiger partial charge is 0.497 e. The smallest absolute Gasteiger partial charge is 0.221 e. The molecule has 0 saturated carbocycles. The van der Waals surface area contributed by atoms with Gasteiger partial charge in [-0.05, 0) is 87.2 Å². The van der Waals surface area contributed by atoms with Gasteiger partial charge in [0.15, 0.2) is 0 Å². The topological polar surface area (TPSA) is 65.1 Å². The summed E-state index contributed by atoms with van der Waals surface area (Å²) in [6, 6.07) is 10.2. The van der Waals surface area contributed by atoms with Crippen LogP contribution in [0.15, 0.2) is 35.2 Å². The van der Waals surface area contributed by atoms with E-state index in [1.165, 1.54) is 31.5 Å². The number of methoxy groups -OCH3 is 1. The number of nitrogens with zero attached hydrogens (tertiary/aromatic N) is 3. The summed E-state index contributed by atoms with van der Waals surface area (Å²) in [5, 5.41) is 3.93. The molecule has 7 nitrogen and oxygen atoms in total. The van der Waals surface area contributed by atoms with Crippen molar-refractivity contribution in [1.82, 2.24) is 14.5 Å². The molecule has 2 aliphatic heterocycles. The van der Waals surface area contributed by atoms with Crippen LogP contribution < -0.4 is 15.0 Å². The summed E-state index contributed by atoms with van der Waals surface area (Å²) in [7, 11) is 2.07. The Morgan fingerprint density at radius 2 is 1.86 bits per heavy atom. The second kappa shape index (κ2) is 12.6. The molecule has 1 amide bonds. The molecule has 2 saturated heterocycles. The predicted octanol–water partition coefficient (Wildman–Crippen LogP) is 4.30. The van der Waals surface area contributed by atoms with Gasteiger partial charge in [-0.25, -0.2) is 8.51 Å². The van der Waals surface area contributed by atoms with Crippen LogP contribution in [-0.4, -0.2) is 72.2 Å². The van der Waals surface area contributed by atoms with Crippen LogP contribution in [0.25, 0.3) is 0 Å². The Labute approximate surface area is 228 Å². The van der Waals surface area contributed by atoms with E-state index in [0.29, 0.717) is 13.0 Å². The number of carbonyl (C=O) groups excluding carboxylic acids is 1. The molecule has 0 spiro atoms. The van der Waals surface area contributed by atoms with E-state index < -0.39 is 11.0 Å². The van der Waals surface area contributed by atoms with Crippen molar-refractivity contribution in [3.8, 4) is 5.75 Å². The monoisotopic (exact) mass is 546 g/mol. The van der Waals surface area contributed by atoms with Gasteiger partial charge in [-0.3, -0.25) is 9.69 Å². The summed E-state index contributed by atoms with van der Waals surface area (Å²) in [5.74, 6) is 0.730. The predicted molar refractivity (Wildman–Crippen MR) is 151 cm³/mol. The number of nitrogens with one attached hydrogen (secondary N) is 1. The Balaban J connectivity index is 1.25. The lowest BCUT2D eigenvalue weighted by Crippen LogP contribution is -2.38. The first-order valence-electron chi connectivity index (χ1n) is 13.1. The maximum absolute atomic E-state index is 13.1. The van der Waals surface area contributed by atoms with E-state index >= 15 is 0 Å². The number of likely N-dealkylation sites (tertiary alicyclic amines) is 1. The van der Waals surface area contributed by atoms with Crippen LogP contribution in [0.3, 0.4) is 0 Å². The molecule has 202 valence electrons. The summed E-state index contributed by atoms with van der Waals surface area (Å²) < 4.78 is 20.2. The number of aryl methyl sites for hydroxylation is 2. The molecule has 2 aromatic carbocycles. The third-order valence-corrected chi connectivity index (χ3v) is 9.34. The first-order valence-corrected chi connectivity index (χ1v) is 14.6. The van der Waals surface area contributed by atoms with E-state index in [4.69, 9.17) is 16.3 Å². The molecule has 4 rings (SSSR count). The molecule has 2 heterocycles. The minimum absolute atomic E-state index is 0.0223. The maximum atomic E-state index is 13.1. The lowest BCUT2D eigenvalue weighted by molar-refractivity contribution is -0.121. The highest BCUT2D eigenvalue weighted by Crippen LogP contribution is 2.30. The lowest BCUT2D eigenvalue weighted by atomic mass is 10.1. The van der Waals surface area contributed by atoms with Crippen LogP contribution in [0.4, 0.5) is 5.69 Å². The number of halogens is 1. The number of hydrogen-bond donors (Lipinski definition) is 1. The Kier molecular flexibility index (Phi) is 9.51. The van der Waals surface area contributed by atoms with E-state index in [-0.39, 0.29) is 11.9 Å². The fourth-order valence-electron chi connectivity index (χ4n) is 5.30. The van der Waals surface area contributed by atoms with Gasteiger partial charge >= 0.3 is 0 Å². The molecule has 1 N–H and O–H groups in total. The van der Waals surface area contributed by atoms with Gasteiger partial charge in [-0.2, -0.15) is 0 Å². The molecule has 2 fully saturated rings. The molecule has 2 atom stereocenters. The molecular formula is C28H39ClN4O3S. The Hall–Kier alpha value is -2.13. The SMILES string of the molecule is COc1cc(C)c(S(=O)N(C)CCC(=O)NC2CCN(c3ccc(CN4CCCC4)cc3Cl)C2)c(C)c1. The Bertz CT molecular complexity index is 1120. The third kappa shape index (κ3) is 7.05. The summed E-state index contributed by atoms with van der Waals surface area (Å²) >= 11 is 6.66. The second-order valence-electron chi connectivity index (χ2n) is 10.2. The van der Waals surface area contributed by atoms with E-state index in [0.717, 1.165) is 58.5 Å². The number of ether oxygens (including phenoxy) is 1. The van der Waals surface area contributed by atoms with Crippen molar-refractivity contribution in [3.05, 3.63) is 52.0 Å². The number of carbonyl (C=O) groups is 1. The number of anilines is 1. The number of hydrogen-bond acceptors (Lipinski definition) is 5. The lowest BCUT2D eigenvalue weighted by Gasteiger charge is -2.22. The molecule has 0 radical (unpaired) electrons. The molecular weight excluding hydrogens is 508 g/mol. The van der Waals surface area contributed by atoms with Crippen LogP contribution in [0.1, 0.15) is 42.4 Å². The van der Waals surface area contributed by atoms with Crippen LogP contribution in [0.5, 0.6) is 5.75 Å². The van der Waals surface area contributed by atoms with Crippen molar-refractivity contribution in [3.63, 3.8) is 0 Å². The zero-order chi connectivity index (χ0) is 26.5. The van der Waals surface area contributed by atoms with Crippen molar-refractivity contribution < 1.29 is 13.7 Å². The maximum Gasteiger partial charge on any atom is 0.221 e. The molecule has 9 heteroatoms.